The topological polar surface area (TPSA) is 151 Å². The van der Waals surface area contributed by atoms with Crippen molar-refractivity contribution in [1.29, 1.82) is 0 Å². The first-order valence-corrected chi connectivity index (χ1v) is 6.54. The molecule has 0 radical (unpaired) electrons. The lowest BCUT2D eigenvalue weighted by atomic mass is 10.1. The number of aliphatic hydroxyl groups is 3. The number of rotatable bonds is 4. The van der Waals surface area contributed by atoms with Crippen LogP contribution in [0.25, 0.3) is 0 Å². The number of aromatic nitrogens is 2. The minimum absolute atomic E-state index is 0.0875. The monoisotopic (exact) mass is 316 g/mol. The molecule has 1 aliphatic heterocycles. The molecule has 4 N–H and O–H groups in total. The zero-order valence-corrected chi connectivity index (χ0v) is 11.6. The van der Waals surface area contributed by atoms with Crippen LogP contribution in [0.2, 0.25) is 0 Å². The molecular formula is C12H16N2O8. The molecule has 122 valence electrons. The van der Waals surface area contributed by atoms with Gasteiger partial charge in [-0.05, 0) is 0 Å². The van der Waals surface area contributed by atoms with Crippen molar-refractivity contribution >= 4 is 5.97 Å². The van der Waals surface area contributed by atoms with Crippen molar-refractivity contribution < 1.29 is 29.6 Å². The molecule has 0 spiro atoms. The van der Waals surface area contributed by atoms with E-state index in [0.29, 0.717) is 4.57 Å². The second-order valence-electron chi connectivity index (χ2n) is 4.71. The number of H-pyrrole nitrogens is 1. The second kappa shape index (κ2) is 6.01. The molecule has 10 heteroatoms. The summed E-state index contributed by atoms with van der Waals surface area (Å²) in [4.78, 5) is 36.6. The maximum atomic E-state index is 11.9. The highest BCUT2D eigenvalue weighted by Gasteiger charge is 2.59. The fourth-order valence-corrected chi connectivity index (χ4v) is 2.15. The van der Waals surface area contributed by atoms with Crippen molar-refractivity contribution in [1.82, 2.24) is 9.55 Å². The number of carbonyl (C=O) groups excluding carboxylic acids is 1. The van der Waals surface area contributed by atoms with Crippen molar-refractivity contribution in [2.75, 3.05) is 6.61 Å². The van der Waals surface area contributed by atoms with Gasteiger partial charge in [0.15, 0.2) is 6.10 Å². The van der Waals surface area contributed by atoms with Crippen molar-refractivity contribution in [2.45, 2.75) is 37.6 Å². The van der Waals surface area contributed by atoms with Crippen LogP contribution in [-0.4, -0.2) is 55.8 Å². The third-order valence-electron chi connectivity index (χ3n) is 3.29. The number of hydrogen-bond acceptors (Lipinski definition) is 8. The molecule has 0 aliphatic carbocycles. The predicted octanol–water partition coefficient (Wildman–Crippen LogP) is -2.79. The van der Waals surface area contributed by atoms with Crippen LogP contribution >= 0.6 is 0 Å². The van der Waals surface area contributed by atoms with Gasteiger partial charge in [0.1, 0.15) is 12.2 Å². The maximum Gasteiger partial charge on any atom is 0.335 e. The fourth-order valence-electron chi connectivity index (χ4n) is 2.15. The van der Waals surface area contributed by atoms with Gasteiger partial charge in [-0.1, -0.05) is 6.92 Å². The first kappa shape index (κ1) is 16.4. The highest BCUT2D eigenvalue weighted by atomic mass is 16.8. The maximum absolute atomic E-state index is 11.9. The number of esters is 1. The Balaban J connectivity index is 2.58. The minimum atomic E-state index is -2.37. The molecule has 4 atom stereocenters. The fraction of sp³-hybridized carbons (Fsp3) is 0.583. The summed E-state index contributed by atoms with van der Waals surface area (Å²) in [6, 6.07) is 0.956. The molecular weight excluding hydrogens is 300 g/mol. The molecule has 1 fully saturated rings. The van der Waals surface area contributed by atoms with E-state index in [9.17, 15) is 24.6 Å². The van der Waals surface area contributed by atoms with E-state index in [1.54, 1.807) is 0 Å². The molecule has 22 heavy (non-hydrogen) atoms. The van der Waals surface area contributed by atoms with Crippen LogP contribution in [0.15, 0.2) is 21.9 Å². The molecule has 0 unspecified atom stereocenters. The van der Waals surface area contributed by atoms with Gasteiger partial charge in [-0.2, -0.15) is 0 Å². The molecule has 1 aromatic rings. The lowest BCUT2D eigenvalue weighted by Crippen LogP contribution is -2.54. The van der Waals surface area contributed by atoms with E-state index in [-0.39, 0.29) is 6.42 Å². The van der Waals surface area contributed by atoms with E-state index in [4.69, 9.17) is 14.6 Å². The number of nitrogens with zero attached hydrogens (tertiary/aromatic N) is 1. The summed E-state index contributed by atoms with van der Waals surface area (Å²) in [7, 11) is 0. The highest BCUT2D eigenvalue weighted by Crippen LogP contribution is 2.36. The first-order valence-electron chi connectivity index (χ1n) is 6.54. The Kier molecular flexibility index (Phi) is 4.47. The van der Waals surface area contributed by atoms with Crippen molar-refractivity contribution in [3.8, 4) is 0 Å². The summed E-state index contributed by atoms with van der Waals surface area (Å²) in [5.41, 5.74) is -1.72. The normalized spacial score (nSPS) is 31.2. The van der Waals surface area contributed by atoms with E-state index in [1.807, 2.05) is 4.98 Å². The van der Waals surface area contributed by atoms with Gasteiger partial charge in [0.2, 0.25) is 0 Å². The quantitative estimate of drug-likeness (QED) is 0.435. The van der Waals surface area contributed by atoms with Gasteiger partial charge in [-0.15, -0.1) is 0 Å². The van der Waals surface area contributed by atoms with Gasteiger partial charge in [0, 0.05) is 18.7 Å². The van der Waals surface area contributed by atoms with E-state index < -0.39 is 48.0 Å². The zero-order valence-electron chi connectivity index (χ0n) is 11.6. The largest absolute Gasteiger partial charge is 0.410 e. The van der Waals surface area contributed by atoms with E-state index in [0.717, 1.165) is 12.3 Å². The van der Waals surface area contributed by atoms with Gasteiger partial charge in [0.05, 0.1) is 6.61 Å². The molecule has 2 rings (SSSR count). The number of aliphatic hydroxyl groups excluding tert-OH is 3. The van der Waals surface area contributed by atoms with E-state index in [1.165, 1.54) is 6.92 Å². The summed E-state index contributed by atoms with van der Waals surface area (Å²) in [6.45, 7) is 0.800. The molecule has 1 saturated heterocycles. The van der Waals surface area contributed by atoms with Crippen molar-refractivity contribution in [3.63, 3.8) is 0 Å². The Labute approximate surface area is 123 Å². The molecule has 1 aliphatic rings. The summed E-state index contributed by atoms with van der Waals surface area (Å²) < 4.78 is 10.9. The first-order chi connectivity index (χ1) is 10.4. The predicted molar refractivity (Wildman–Crippen MR) is 69.7 cm³/mol. The third kappa shape index (κ3) is 2.57. The van der Waals surface area contributed by atoms with Crippen LogP contribution < -0.4 is 11.2 Å². The molecule has 0 saturated carbocycles. The summed E-state index contributed by atoms with van der Waals surface area (Å²) >= 11 is 0. The Hall–Kier alpha value is -2.01. The smallest absolute Gasteiger partial charge is 0.335 e. The number of ether oxygens (including phenoxy) is 2. The number of aromatic amines is 1. The highest BCUT2D eigenvalue weighted by molar-refractivity contribution is 5.69. The SMILES string of the molecule is CCC(=O)O[C@@]1(n2ccc(=O)[nH]c2=O)O[C@H](CO)[C@@H](O)[C@H]1O. The van der Waals surface area contributed by atoms with Gasteiger partial charge < -0.3 is 24.8 Å². The summed E-state index contributed by atoms with van der Waals surface area (Å²) in [6.07, 6.45) is -3.86. The lowest BCUT2D eigenvalue weighted by molar-refractivity contribution is -0.301. The molecule has 2 heterocycles. The average Bonchev–Trinajstić information content (AvgIpc) is 2.72. The van der Waals surface area contributed by atoms with Crippen molar-refractivity contribution in [3.05, 3.63) is 33.1 Å². The molecule has 0 bridgehead atoms. The Morgan fingerprint density at radius 2 is 2.18 bits per heavy atom. The molecule has 1 aromatic heterocycles. The standard InChI is InChI=1S/C12H16N2O8/c1-2-8(17)22-12(10(19)9(18)6(5-15)21-12)14-4-3-7(16)13-11(14)20/h3-4,6,9-10,15,18-19H,2,5H2,1H3,(H,13,16,20)/t6-,9-,10-,12+/m1/s1. The Morgan fingerprint density at radius 3 is 2.68 bits per heavy atom. The molecule has 0 amide bonds. The van der Waals surface area contributed by atoms with Crippen LogP contribution in [0.3, 0.4) is 0 Å². The van der Waals surface area contributed by atoms with Crippen LogP contribution in [0.1, 0.15) is 13.3 Å². The van der Waals surface area contributed by atoms with Crippen LogP contribution in [0.5, 0.6) is 0 Å². The van der Waals surface area contributed by atoms with Crippen LogP contribution in [0, 0.1) is 0 Å². The number of hydrogen-bond donors (Lipinski definition) is 4. The minimum Gasteiger partial charge on any atom is -0.410 e. The van der Waals surface area contributed by atoms with Crippen LogP contribution in [0.4, 0.5) is 0 Å². The number of nitrogens with one attached hydrogen (secondary N) is 1. The van der Waals surface area contributed by atoms with Crippen LogP contribution in [-0.2, 0) is 20.2 Å². The zero-order chi connectivity index (χ0) is 16.5. The van der Waals surface area contributed by atoms with Gasteiger partial charge in [0.25, 0.3) is 5.56 Å². The lowest BCUT2D eigenvalue weighted by Gasteiger charge is -2.32. The Bertz CT molecular complexity index is 668. The third-order valence-corrected chi connectivity index (χ3v) is 3.29. The van der Waals surface area contributed by atoms with Crippen molar-refractivity contribution in [2.24, 2.45) is 0 Å². The van der Waals surface area contributed by atoms with E-state index >= 15 is 0 Å². The number of carbonyl (C=O) groups is 1. The Morgan fingerprint density at radius 1 is 1.50 bits per heavy atom. The molecule has 10 nitrogen and oxygen atoms in total. The van der Waals surface area contributed by atoms with Gasteiger partial charge >= 0.3 is 17.6 Å². The average molecular weight is 316 g/mol. The summed E-state index contributed by atoms with van der Waals surface area (Å²) in [5, 5.41) is 29.2. The van der Waals surface area contributed by atoms with Gasteiger partial charge in [-0.25, -0.2) is 9.36 Å². The molecule has 0 aromatic carbocycles. The second-order valence-corrected chi connectivity index (χ2v) is 4.71. The van der Waals surface area contributed by atoms with E-state index in [2.05, 4.69) is 0 Å². The van der Waals surface area contributed by atoms with Gasteiger partial charge in [-0.3, -0.25) is 14.6 Å². The summed E-state index contributed by atoms with van der Waals surface area (Å²) in [5.74, 6) is -3.19.